The summed E-state index contributed by atoms with van der Waals surface area (Å²) in [6, 6.07) is 17.8. The molecular weight excluding hydrogens is 518 g/mol. The number of pyridine rings is 1. The van der Waals surface area contributed by atoms with Crippen molar-refractivity contribution in [1.82, 2.24) is 9.97 Å². The number of carbonyl (C=O) groups is 1. The highest BCUT2D eigenvalue weighted by molar-refractivity contribution is 7.98. The van der Waals surface area contributed by atoms with Crippen molar-refractivity contribution >= 4 is 23.5 Å². The number of carbonyl (C=O) groups excluding carboxylic acids is 1. The summed E-state index contributed by atoms with van der Waals surface area (Å²) in [5.74, 6) is 1.42. The molecule has 0 spiro atoms. The van der Waals surface area contributed by atoms with Gasteiger partial charge in [0.05, 0.1) is 30.5 Å². The van der Waals surface area contributed by atoms with Gasteiger partial charge in [-0.25, -0.2) is 14.8 Å². The minimum atomic E-state index is -0.435. The zero-order valence-electron chi connectivity index (χ0n) is 21.1. The van der Waals surface area contributed by atoms with Gasteiger partial charge in [0.25, 0.3) is 0 Å². The summed E-state index contributed by atoms with van der Waals surface area (Å²) >= 11 is 1.25. The number of esters is 1. The summed E-state index contributed by atoms with van der Waals surface area (Å²) in [7, 11) is 1.32. The lowest BCUT2D eigenvalue weighted by Crippen LogP contribution is -2.04. The Bertz CT molecular complexity index is 1590. The maximum atomic E-state index is 11.7. The Hall–Kier alpha value is -4.84. The number of hydrogen-bond donors (Lipinski definition) is 2. The van der Waals surface area contributed by atoms with Crippen molar-refractivity contribution in [2.75, 3.05) is 26.1 Å². The number of anilines is 1. The number of thioether (sulfide) groups is 1. The van der Waals surface area contributed by atoms with Gasteiger partial charge in [-0.1, -0.05) is 23.9 Å². The van der Waals surface area contributed by atoms with E-state index < -0.39 is 5.97 Å². The van der Waals surface area contributed by atoms with E-state index in [1.807, 2.05) is 0 Å². The number of aliphatic hydroxyl groups is 1. The van der Waals surface area contributed by atoms with Gasteiger partial charge in [0.15, 0.2) is 0 Å². The SMILES string of the molecule is COC(=O)c1ccc(-c2nc(CSc3nc(N)c(C#N)c(-c4ccc(OCCO)cc4)c3C#N)c(C)o2)cc1. The van der Waals surface area contributed by atoms with E-state index >= 15 is 0 Å². The normalized spacial score (nSPS) is 10.5. The molecule has 0 amide bonds. The zero-order chi connectivity index (χ0) is 27.9. The summed E-state index contributed by atoms with van der Waals surface area (Å²) in [6.45, 7) is 1.82. The Morgan fingerprint density at radius 1 is 1.05 bits per heavy atom. The first-order valence-corrected chi connectivity index (χ1v) is 12.6. The van der Waals surface area contributed by atoms with Gasteiger partial charge in [-0.15, -0.1) is 0 Å². The van der Waals surface area contributed by atoms with Crippen LogP contribution in [0.4, 0.5) is 5.82 Å². The van der Waals surface area contributed by atoms with E-state index in [2.05, 4.69) is 22.1 Å². The van der Waals surface area contributed by atoms with Crippen LogP contribution in [0.25, 0.3) is 22.6 Å². The molecule has 2 aromatic carbocycles. The van der Waals surface area contributed by atoms with E-state index in [1.165, 1.54) is 18.9 Å². The number of aliphatic hydroxyl groups excluding tert-OH is 1. The third-order valence-corrected chi connectivity index (χ3v) is 6.70. The number of nitrogens with two attached hydrogens (primary N) is 1. The van der Waals surface area contributed by atoms with Crippen LogP contribution in [0, 0.1) is 29.6 Å². The van der Waals surface area contributed by atoms with Crippen LogP contribution in [0.2, 0.25) is 0 Å². The van der Waals surface area contributed by atoms with E-state index in [0.29, 0.717) is 56.1 Å². The molecule has 0 fully saturated rings. The fourth-order valence-electron chi connectivity index (χ4n) is 3.76. The molecule has 0 aliphatic carbocycles. The van der Waals surface area contributed by atoms with Crippen LogP contribution in [0.1, 0.15) is 32.9 Å². The molecule has 0 radical (unpaired) electrons. The van der Waals surface area contributed by atoms with Crippen LogP contribution in [-0.4, -0.2) is 41.4 Å². The van der Waals surface area contributed by atoms with E-state index in [0.717, 1.165) is 0 Å². The molecule has 10 nitrogen and oxygen atoms in total. The highest BCUT2D eigenvalue weighted by atomic mass is 32.2. The van der Waals surface area contributed by atoms with Crippen LogP contribution in [0.3, 0.4) is 0 Å². The van der Waals surface area contributed by atoms with E-state index in [9.17, 15) is 15.3 Å². The minimum absolute atomic E-state index is 0.0119. The number of hydrogen-bond acceptors (Lipinski definition) is 11. The highest BCUT2D eigenvalue weighted by Gasteiger charge is 2.22. The number of benzene rings is 2. The molecule has 0 atom stereocenters. The lowest BCUT2D eigenvalue weighted by Gasteiger charge is -2.13. The molecule has 2 aromatic heterocycles. The van der Waals surface area contributed by atoms with Crippen LogP contribution < -0.4 is 10.5 Å². The van der Waals surface area contributed by atoms with E-state index in [1.54, 1.807) is 55.5 Å². The average molecular weight is 542 g/mol. The van der Waals surface area contributed by atoms with E-state index in [-0.39, 0.29) is 30.2 Å². The third-order valence-electron chi connectivity index (χ3n) is 5.71. The Morgan fingerprint density at radius 3 is 2.33 bits per heavy atom. The molecule has 2 heterocycles. The predicted octanol–water partition coefficient (Wildman–Crippen LogP) is 4.49. The van der Waals surface area contributed by atoms with Gasteiger partial charge in [-0.3, -0.25) is 0 Å². The molecule has 39 heavy (non-hydrogen) atoms. The Labute approximate surface area is 228 Å². The summed E-state index contributed by atoms with van der Waals surface area (Å²) in [5, 5.41) is 29.1. The van der Waals surface area contributed by atoms with Gasteiger partial charge in [0.2, 0.25) is 5.89 Å². The number of aromatic nitrogens is 2. The fourth-order valence-corrected chi connectivity index (χ4v) is 4.76. The molecule has 0 saturated carbocycles. The lowest BCUT2D eigenvalue weighted by atomic mass is 9.97. The maximum absolute atomic E-state index is 11.7. The minimum Gasteiger partial charge on any atom is -0.491 e. The second-order valence-electron chi connectivity index (χ2n) is 8.13. The zero-order valence-corrected chi connectivity index (χ0v) is 21.9. The Kier molecular flexibility index (Phi) is 8.46. The van der Waals surface area contributed by atoms with Gasteiger partial charge >= 0.3 is 5.97 Å². The molecule has 4 rings (SSSR count). The summed E-state index contributed by atoms with van der Waals surface area (Å²) in [5.41, 5.74) is 9.19. The number of aryl methyl sites for hydroxylation is 1. The van der Waals surface area contributed by atoms with Gasteiger partial charge in [-0.05, 0) is 48.9 Å². The second-order valence-corrected chi connectivity index (χ2v) is 9.09. The monoisotopic (exact) mass is 541 g/mol. The molecule has 11 heteroatoms. The quantitative estimate of drug-likeness (QED) is 0.226. The number of nitrogen functional groups attached to an aromatic ring is 1. The number of nitrogens with zero attached hydrogens (tertiary/aromatic N) is 4. The van der Waals surface area contributed by atoms with Crippen LogP contribution >= 0.6 is 11.8 Å². The largest absolute Gasteiger partial charge is 0.491 e. The van der Waals surface area contributed by atoms with Crippen molar-refractivity contribution in [3.05, 3.63) is 76.7 Å². The van der Waals surface area contributed by atoms with Gasteiger partial charge in [-0.2, -0.15) is 10.5 Å². The Morgan fingerprint density at radius 2 is 1.72 bits per heavy atom. The van der Waals surface area contributed by atoms with Crippen molar-refractivity contribution < 1.29 is 23.8 Å². The second kappa shape index (κ2) is 12.1. The summed E-state index contributed by atoms with van der Waals surface area (Å²) in [4.78, 5) is 20.6. The average Bonchev–Trinajstić information content (AvgIpc) is 3.34. The number of nitriles is 2. The molecule has 4 aromatic rings. The molecule has 196 valence electrons. The smallest absolute Gasteiger partial charge is 0.337 e. The van der Waals surface area contributed by atoms with Gasteiger partial charge < -0.3 is 24.7 Å². The topological polar surface area (TPSA) is 168 Å². The number of methoxy groups -OCH3 is 1. The molecule has 0 aliphatic rings. The third kappa shape index (κ3) is 5.85. The molecule has 3 N–H and O–H groups in total. The van der Waals surface area contributed by atoms with E-state index in [4.69, 9.17) is 24.7 Å². The number of ether oxygens (including phenoxy) is 2. The fraction of sp³-hybridized carbons (Fsp3) is 0.179. The molecule has 0 bridgehead atoms. The summed E-state index contributed by atoms with van der Waals surface area (Å²) in [6.07, 6.45) is 0. The number of rotatable bonds is 9. The maximum Gasteiger partial charge on any atom is 0.337 e. The van der Waals surface area contributed by atoms with Crippen molar-refractivity contribution in [2.45, 2.75) is 17.7 Å². The van der Waals surface area contributed by atoms with Crippen molar-refractivity contribution in [3.63, 3.8) is 0 Å². The molecule has 0 unspecified atom stereocenters. The van der Waals surface area contributed by atoms with Gasteiger partial charge in [0.1, 0.15) is 46.7 Å². The Balaban J connectivity index is 1.62. The van der Waals surface area contributed by atoms with Gasteiger partial charge in [0, 0.05) is 16.9 Å². The van der Waals surface area contributed by atoms with Crippen molar-refractivity contribution in [3.8, 4) is 40.5 Å². The molecule has 0 saturated heterocycles. The van der Waals surface area contributed by atoms with Crippen LogP contribution in [0.5, 0.6) is 5.75 Å². The van der Waals surface area contributed by atoms with Crippen LogP contribution in [0.15, 0.2) is 58.0 Å². The molecular formula is C28H23N5O5S. The van der Waals surface area contributed by atoms with Crippen LogP contribution in [-0.2, 0) is 10.5 Å². The molecule has 0 aliphatic heterocycles. The summed E-state index contributed by atoms with van der Waals surface area (Å²) < 4.78 is 16.0. The first-order chi connectivity index (χ1) is 18.9. The lowest BCUT2D eigenvalue weighted by molar-refractivity contribution is 0.0600. The highest BCUT2D eigenvalue weighted by Crippen LogP contribution is 2.37. The van der Waals surface area contributed by atoms with Crippen molar-refractivity contribution in [2.24, 2.45) is 0 Å². The first kappa shape index (κ1) is 27.2. The van der Waals surface area contributed by atoms with Crippen molar-refractivity contribution in [1.29, 1.82) is 10.5 Å². The first-order valence-electron chi connectivity index (χ1n) is 11.7. The predicted molar refractivity (Wildman–Crippen MR) is 144 cm³/mol. The standard InChI is InChI=1S/C28H23N5O5S/c1-16-23(32-26(38-16)18-3-5-19(6-4-18)28(35)36-2)15-39-27-22(14-30)24(21(13-29)25(31)33-27)17-7-9-20(10-8-17)37-12-11-34/h3-10,34H,11-12,15H2,1-2H3,(H2,31,33). The number of oxazole rings is 1.